The average molecular weight is 369 g/mol. The zero-order chi connectivity index (χ0) is 19.5. The van der Waals surface area contributed by atoms with Gasteiger partial charge in [0, 0.05) is 13.1 Å². The number of nitrogens with zero attached hydrogens (tertiary/aromatic N) is 1. The number of ether oxygens (including phenoxy) is 2. The van der Waals surface area contributed by atoms with E-state index in [1.807, 2.05) is 43.3 Å². The second-order valence-electron chi connectivity index (χ2n) is 5.81. The van der Waals surface area contributed by atoms with E-state index in [4.69, 9.17) is 9.47 Å². The molecule has 0 spiro atoms. The maximum Gasteiger partial charge on any atom is 0.338 e. The van der Waals surface area contributed by atoms with Crippen molar-refractivity contribution < 1.29 is 14.3 Å². The number of aliphatic imine (C=N–C) groups is 1. The van der Waals surface area contributed by atoms with Crippen molar-refractivity contribution in [3.8, 4) is 5.75 Å². The van der Waals surface area contributed by atoms with Crippen LogP contribution in [0.25, 0.3) is 0 Å². The molecule has 6 heteroatoms. The highest BCUT2D eigenvalue weighted by Crippen LogP contribution is 2.12. The largest absolute Gasteiger partial charge is 0.497 e. The van der Waals surface area contributed by atoms with Crippen molar-refractivity contribution in [2.75, 3.05) is 20.3 Å². The number of nitrogens with one attached hydrogen (secondary N) is 2. The number of benzene rings is 2. The molecule has 0 aromatic heterocycles. The van der Waals surface area contributed by atoms with Crippen molar-refractivity contribution in [2.45, 2.75) is 26.9 Å². The topological polar surface area (TPSA) is 72.0 Å². The molecule has 144 valence electrons. The number of carbonyl (C=O) groups is 1. The van der Waals surface area contributed by atoms with Crippen molar-refractivity contribution >= 4 is 11.9 Å². The third-order valence-electron chi connectivity index (χ3n) is 3.85. The summed E-state index contributed by atoms with van der Waals surface area (Å²) >= 11 is 0. The summed E-state index contributed by atoms with van der Waals surface area (Å²) in [6.07, 6.45) is 0. The predicted molar refractivity (Wildman–Crippen MR) is 107 cm³/mol. The van der Waals surface area contributed by atoms with Crippen LogP contribution in [0.15, 0.2) is 53.5 Å². The second kappa shape index (κ2) is 10.9. The Bertz CT molecular complexity index is 740. The Labute approximate surface area is 160 Å². The first-order valence-electron chi connectivity index (χ1n) is 9.07. The summed E-state index contributed by atoms with van der Waals surface area (Å²) < 4.78 is 10.2. The zero-order valence-electron chi connectivity index (χ0n) is 16.1. The van der Waals surface area contributed by atoms with Gasteiger partial charge in [-0.15, -0.1) is 0 Å². The molecule has 2 N–H and O–H groups in total. The molecule has 0 amide bonds. The number of guanidine groups is 1. The molecule has 0 heterocycles. The molecule has 0 atom stereocenters. The Kier molecular flexibility index (Phi) is 8.16. The molecule has 0 fully saturated rings. The van der Waals surface area contributed by atoms with E-state index in [0.717, 1.165) is 29.4 Å². The van der Waals surface area contributed by atoms with Crippen LogP contribution in [0.3, 0.4) is 0 Å². The average Bonchev–Trinajstić information content (AvgIpc) is 2.71. The number of carbonyl (C=O) groups excluding carboxylic acids is 1. The van der Waals surface area contributed by atoms with E-state index >= 15 is 0 Å². The molecule has 0 radical (unpaired) electrons. The van der Waals surface area contributed by atoms with Gasteiger partial charge in [-0.3, -0.25) is 0 Å². The van der Waals surface area contributed by atoms with Crippen LogP contribution in [0.2, 0.25) is 0 Å². The highest BCUT2D eigenvalue weighted by Gasteiger charge is 2.06. The van der Waals surface area contributed by atoms with Crippen LogP contribution in [0.4, 0.5) is 0 Å². The van der Waals surface area contributed by atoms with Crippen LogP contribution in [-0.4, -0.2) is 32.2 Å². The lowest BCUT2D eigenvalue weighted by Gasteiger charge is -2.12. The summed E-state index contributed by atoms with van der Waals surface area (Å²) in [5.41, 5.74) is 2.71. The normalized spacial score (nSPS) is 11.0. The molecular weight excluding hydrogens is 342 g/mol. The first kappa shape index (κ1) is 20.3. The molecule has 27 heavy (non-hydrogen) atoms. The van der Waals surface area contributed by atoms with E-state index in [9.17, 15) is 4.79 Å². The quantitative estimate of drug-likeness (QED) is 0.425. The lowest BCUT2D eigenvalue weighted by Crippen LogP contribution is -2.36. The molecule has 0 unspecified atom stereocenters. The number of esters is 1. The van der Waals surface area contributed by atoms with Gasteiger partial charge in [-0.25, -0.2) is 9.79 Å². The molecule has 0 saturated heterocycles. The highest BCUT2D eigenvalue weighted by atomic mass is 16.5. The van der Waals surface area contributed by atoms with Gasteiger partial charge in [0.1, 0.15) is 5.75 Å². The maximum absolute atomic E-state index is 11.7. The zero-order valence-corrected chi connectivity index (χ0v) is 16.1. The van der Waals surface area contributed by atoms with Gasteiger partial charge in [-0.05, 0) is 49.2 Å². The lowest BCUT2D eigenvalue weighted by atomic mass is 10.1. The Morgan fingerprint density at radius 2 is 1.63 bits per heavy atom. The minimum absolute atomic E-state index is 0.300. The van der Waals surface area contributed by atoms with Gasteiger partial charge in [0.25, 0.3) is 0 Å². The fourth-order valence-corrected chi connectivity index (χ4v) is 2.40. The van der Waals surface area contributed by atoms with E-state index in [0.29, 0.717) is 25.3 Å². The molecule has 2 aromatic carbocycles. The van der Waals surface area contributed by atoms with Crippen LogP contribution in [0, 0.1) is 0 Å². The van der Waals surface area contributed by atoms with Gasteiger partial charge in [0.15, 0.2) is 5.96 Å². The number of methoxy groups -OCH3 is 1. The summed E-state index contributed by atoms with van der Waals surface area (Å²) in [4.78, 5) is 16.3. The van der Waals surface area contributed by atoms with Crippen molar-refractivity contribution in [3.63, 3.8) is 0 Å². The monoisotopic (exact) mass is 369 g/mol. The highest BCUT2D eigenvalue weighted by molar-refractivity contribution is 5.89. The molecule has 0 aliphatic carbocycles. The summed E-state index contributed by atoms with van der Waals surface area (Å²) in [7, 11) is 1.65. The van der Waals surface area contributed by atoms with E-state index in [1.165, 1.54) is 0 Å². The molecule has 2 aromatic rings. The van der Waals surface area contributed by atoms with Crippen LogP contribution in [0.1, 0.15) is 35.3 Å². The summed E-state index contributed by atoms with van der Waals surface area (Å²) in [5, 5.41) is 6.53. The van der Waals surface area contributed by atoms with Crippen LogP contribution >= 0.6 is 0 Å². The molecule has 0 saturated carbocycles. The molecule has 0 aliphatic rings. The molecule has 0 aliphatic heterocycles. The Balaban J connectivity index is 1.93. The van der Waals surface area contributed by atoms with Crippen molar-refractivity contribution in [2.24, 2.45) is 4.99 Å². The minimum atomic E-state index is -0.300. The summed E-state index contributed by atoms with van der Waals surface area (Å²) in [5.74, 6) is 1.27. The lowest BCUT2D eigenvalue weighted by molar-refractivity contribution is 0.0526. The first-order chi connectivity index (χ1) is 13.2. The van der Waals surface area contributed by atoms with Crippen LogP contribution in [-0.2, 0) is 17.8 Å². The molecule has 0 bridgehead atoms. The third kappa shape index (κ3) is 6.66. The van der Waals surface area contributed by atoms with Crippen molar-refractivity contribution in [1.82, 2.24) is 10.6 Å². The van der Waals surface area contributed by atoms with E-state index < -0.39 is 0 Å². The minimum Gasteiger partial charge on any atom is -0.497 e. The van der Waals surface area contributed by atoms with Gasteiger partial charge in [0.2, 0.25) is 0 Å². The molecular formula is C21H27N3O3. The number of hydrogen-bond acceptors (Lipinski definition) is 4. The Morgan fingerprint density at radius 1 is 0.963 bits per heavy atom. The van der Waals surface area contributed by atoms with Crippen LogP contribution in [0.5, 0.6) is 5.75 Å². The van der Waals surface area contributed by atoms with E-state index in [2.05, 4.69) is 15.6 Å². The SMILES string of the molecule is CCNC(=NCc1ccc(OC)cc1)NCc1ccc(C(=O)OCC)cc1. The number of rotatable bonds is 8. The Morgan fingerprint density at radius 3 is 2.22 bits per heavy atom. The Hall–Kier alpha value is -3.02. The predicted octanol–water partition coefficient (Wildman–Crippen LogP) is 3.13. The van der Waals surface area contributed by atoms with Crippen molar-refractivity contribution in [3.05, 3.63) is 65.2 Å². The van der Waals surface area contributed by atoms with E-state index in [-0.39, 0.29) is 5.97 Å². The maximum atomic E-state index is 11.7. The van der Waals surface area contributed by atoms with E-state index in [1.54, 1.807) is 26.2 Å². The fraction of sp³-hybridized carbons (Fsp3) is 0.333. The van der Waals surface area contributed by atoms with Gasteiger partial charge >= 0.3 is 5.97 Å². The standard InChI is InChI=1S/C21H27N3O3/c1-4-22-21(24-15-17-8-12-19(26-3)13-9-17)23-14-16-6-10-18(11-7-16)20(25)27-5-2/h6-13H,4-5,14-15H2,1-3H3,(H2,22,23,24). The summed E-state index contributed by atoms with van der Waals surface area (Å²) in [6.45, 7) is 6.15. The molecule has 2 rings (SSSR count). The van der Waals surface area contributed by atoms with Gasteiger partial charge in [-0.1, -0.05) is 24.3 Å². The van der Waals surface area contributed by atoms with Gasteiger partial charge in [-0.2, -0.15) is 0 Å². The fourth-order valence-electron chi connectivity index (χ4n) is 2.40. The first-order valence-corrected chi connectivity index (χ1v) is 9.07. The smallest absolute Gasteiger partial charge is 0.338 e. The number of hydrogen-bond donors (Lipinski definition) is 2. The molecule has 6 nitrogen and oxygen atoms in total. The van der Waals surface area contributed by atoms with Gasteiger partial charge in [0.05, 0.1) is 25.8 Å². The van der Waals surface area contributed by atoms with Gasteiger partial charge < -0.3 is 20.1 Å². The second-order valence-corrected chi connectivity index (χ2v) is 5.81. The van der Waals surface area contributed by atoms with Crippen molar-refractivity contribution in [1.29, 1.82) is 0 Å². The third-order valence-corrected chi connectivity index (χ3v) is 3.85. The van der Waals surface area contributed by atoms with Crippen LogP contribution < -0.4 is 15.4 Å². The summed E-state index contributed by atoms with van der Waals surface area (Å²) in [6, 6.07) is 15.2.